The van der Waals surface area contributed by atoms with Crippen LogP contribution in [0, 0.1) is 5.92 Å². The predicted octanol–water partition coefficient (Wildman–Crippen LogP) is 1.78. The van der Waals surface area contributed by atoms with Crippen LogP contribution < -0.4 is 16.6 Å². The summed E-state index contributed by atoms with van der Waals surface area (Å²) in [5.74, 6) is 7.53. The molecule has 0 radical (unpaired) electrons. The number of hydrogen-bond donors (Lipinski definition) is 3. The van der Waals surface area contributed by atoms with E-state index in [2.05, 4.69) is 48.4 Å². The first-order valence-electron chi connectivity index (χ1n) is 5.67. The lowest BCUT2D eigenvalue weighted by Gasteiger charge is -2.20. The van der Waals surface area contributed by atoms with Crippen LogP contribution in [-0.2, 0) is 6.42 Å². The lowest BCUT2D eigenvalue weighted by Crippen LogP contribution is -2.24. The van der Waals surface area contributed by atoms with Gasteiger partial charge in [-0.3, -0.25) is 0 Å². The Kier molecular flexibility index (Phi) is 4.49. The Balaban J connectivity index is 2.95. The molecule has 0 saturated heterocycles. The van der Waals surface area contributed by atoms with Crippen LogP contribution in [0.25, 0.3) is 0 Å². The van der Waals surface area contributed by atoms with Crippen LogP contribution in [0.3, 0.4) is 0 Å². The van der Waals surface area contributed by atoms with E-state index >= 15 is 0 Å². The van der Waals surface area contributed by atoms with Crippen molar-refractivity contribution in [2.75, 3.05) is 10.7 Å². The second-order valence-corrected chi connectivity index (χ2v) is 4.22. The number of nitrogen functional groups attached to an aromatic ring is 1. The molecule has 1 unspecified atom stereocenters. The van der Waals surface area contributed by atoms with Gasteiger partial charge in [-0.05, 0) is 19.3 Å². The Morgan fingerprint density at radius 2 is 1.88 bits per heavy atom. The normalized spacial score (nSPS) is 12.6. The number of rotatable bonds is 5. The highest BCUT2D eigenvalue weighted by atomic mass is 15.3. The molecule has 1 rings (SSSR count). The van der Waals surface area contributed by atoms with Gasteiger partial charge in [-0.15, -0.1) is 0 Å². The molecule has 0 aliphatic heterocycles. The van der Waals surface area contributed by atoms with Crippen molar-refractivity contribution in [3.05, 3.63) is 11.9 Å². The maximum Gasteiger partial charge on any atom is 0.148 e. The molecule has 5 heteroatoms. The lowest BCUT2D eigenvalue weighted by molar-refractivity contribution is 0.557. The van der Waals surface area contributed by atoms with Crippen LogP contribution in [0.2, 0.25) is 0 Å². The summed E-state index contributed by atoms with van der Waals surface area (Å²) in [5, 5.41) is 3.39. The van der Waals surface area contributed by atoms with Crippen LogP contribution >= 0.6 is 0 Å². The number of nitrogens with two attached hydrogens (primary N) is 1. The molecule has 1 aromatic heterocycles. The van der Waals surface area contributed by atoms with Crippen LogP contribution in [0.5, 0.6) is 0 Å². The molecule has 0 aromatic carbocycles. The van der Waals surface area contributed by atoms with E-state index in [-0.39, 0.29) is 0 Å². The first-order chi connectivity index (χ1) is 7.60. The minimum absolute atomic E-state index is 0.367. The highest BCUT2D eigenvalue weighted by Gasteiger charge is 2.12. The Hall–Kier alpha value is -1.36. The summed E-state index contributed by atoms with van der Waals surface area (Å²) >= 11 is 0. The third kappa shape index (κ3) is 2.82. The molecule has 90 valence electrons. The second kappa shape index (κ2) is 5.65. The van der Waals surface area contributed by atoms with Crippen LogP contribution in [0.4, 0.5) is 11.6 Å². The van der Waals surface area contributed by atoms with E-state index in [1.807, 2.05) is 0 Å². The summed E-state index contributed by atoms with van der Waals surface area (Å²) in [4.78, 5) is 8.36. The summed E-state index contributed by atoms with van der Waals surface area (Å²) in [6.07, 6.45) is 2.36. The summed E-state index contributed by atoms with van der Waals surface area (Å²) < 4.78 is 0. The van der Waals surface area contributed by atoms with Crippen LogP contribution in [0.15, 0.2) is 6.33 Å². The second-order valence-electron chi connectivity index (χ2n) is 4.22. The van der Waals surface area contributed by atoms with E-state index in [1.54, 1.807) is 0 Å². The van der Waals surface area contributed by atoms with Gasteiger partial charge in [0, 0.05) is 11.6 Å². The highest BCUT2D eigenvalue weighted by molar-refractivity contribution is 5.57. The number of hydrazine groups is 1. The Morgan fingerprint density at radius 3 is 2.38 bits per heavy atom. The van der Waals surface area contributed by atoms with Crippen molar-refractivity contribution in [2.24, 2.45) is 11.8 Å². The first-order valence-corrected chi connectivity index (χ1v) is 5.67. The van der Waals surface area contributed by atoms with E-state index in [0.29, 0.717) is 17.8 Å². The summed E-state index contributed by atoms with van der Waals surface area (Å²) in [6, 6.07) is 0.367. The molecule has 1 heterocycles. The fourth-order valence-electron chi connectivity index (χ4n) is 1.38. The predicted molar refractivity (Wildman–Crippen MR) is 67.1 cm³/mol. The first kappa shape index (κ1) is 12.7. The van der Waals surface area contributed by atoms with E-state index < -0.39 is 0 Å². The van der Waals surface area contributed by atoms with Crippen molar-refractivity contribution in [1.29, 1.82) is 0 Å². The van der Waals surface area contributed by atoms with Crippen molar-refractivity contribution in [2.45, 2.75) is 40.2 Å². The molecule has 1 atom stereocenters. The summed E-state index contributed by atoms with van der Waals surface area (Å²) in [6.45, 7) is 8.55. The topological polar surface area (TPSA) is 75.9 Å². The smallest absolute Gasteiger partial charge is 0.148 e. The van der Waals surface area contributed by atoms with Gasteiger partial charge in [0.2, 0.25) is 0 Å². The van der Waals surface area contributed by atoms with Gasteiger partial charge < -0.3 is 10.7 Å². The van der Waals surface area contributed by atoms with Gasteiger partial charge in [0.15, 0.2) is 0 Å². The standard InChI is InChI=1S/C11H21N5/c1-5-9-10(15-8(4)7(2)3)13-6-14-11(9)16-12/h6-8H,5,12H2,1-4H3,(H2,13,14,15,16). The van der Waals surface area contributed by atoms with E-state index in [1.165, 1.54) is 6.33 Å². The molecule has 0 aliphatic rings. The monoisotopic (exact) mass is 223 g/mol. The van der Waals surface area contributed by atoms with Crippen LogP contribution in [0.1, 0.15) is 33.3 Å². The Bertz CT molecular complexity index is 337. The zero-order valence-electron chi connectivity index (χ0n) is 10.4. The summed E-state index contributed by atoms with van der Waals surface area (Å²) in [5.41, 5.74) is 3.62. The maximum atomic E-state index is 5.42. The third-order valence-electron chi connectivity index (χ3n) is 2.80. The molecule has 16 heavy (non-hydrogen) atoms. The molecule has 0 fully saturated rings. The van der Waals surface area contributed by atoms with Gasteiger partial charge in [-0.2, -0.15) is 0 Å². The number of anilines is 2. The number of aromatic nitrogens is 2. The molecule has 0 spiro atoms. The SMILES string of the molecule is CCc1c(NN)ncnc1NC(C)C(C)C. The third-order valence-corrected chi connectivity index (χ3v) is 2.80. The fourth-order valence-corrected chi connectivity index (χ4v) is 1.38. The minimum Gasteiger partial charge on any atom is -0.367 e. The van der Waals surface area contributed by atoms with E-state index in [4.69, 9.17) is 5.84 Å². The van der Waals surface area contributed by atoms with Gasteiger partial charge in [0.1, 0.15) is 18.0 Å². The molecule has 5 nitrogen and oxygen atoms in total. The number of nitrogens with zero attached hydrogens (tertiary/aromatic N) is 2. The average Bonchev–Trinajstić information content (AvgIpc) is 2.28. The van der Waals surface area contributed by atoms with Crippen LogP contribution in [-0.4, -0.2) is 16.0 Å². The van der Waals surface area contributed by atoms with Crippen molar-refractivity contribution in [3.8, 4) is 0 Å². The van der Waals surface area contributed by atoms with Gasteiger partial charge >= 0.3 is 0 Å². The lowest BCUT2D eigenvalue weighted by atomic mass is 10.1. The molecule has 4 N–H and O–H groups in total. The highest BCUT2D eigenvalue weighted by Crippen LogP contribution is 2.21. The molecule has 0 bridgehead atoms. The van der Waals surface area contributed by atoms with Crippen molar-refractivity contribution < 1.29 is 0 Å². The summed E-state index contributed by atoms with van der Waals surface area (Å²) in [7, 11) is 0. The molecule has 1 aromatic rings. The minimum atomic E-state index is 0.367. The van der Waals surface area contributed by atoms with Gasteiger partial charge in [-0.25, -0.2) is 15.8 Å². The van der Waals surface area contributed by atoms with Gasteiger partial charge in [0.05, 0.1) is 0 Å². The van der Waals surface area contributed by atoms with Gasteiger partial charge in [0.25, 0.3) is 0 Å². The zero-order valence-corrected chi connectivity index (χ0v) is 10.4. The van der Waals surface area contributed by atoms with E-state index in [9.17, 15) is 0 Å². The average molecular weight is 223 g/mol. The molecular weight excluding hydrogens is 202 g/mol. The maximum absolute atomic E-state index is 5.42. The quantitative estimate of drug-likeness (QED) is 0.524. The largest absolute Gasteiger partial charge is 0.367 e. The molecule has 0 amide bonds. The van der Waals surface area contributed by atoms with Gasteiger partial charge in [-0.1, -0.05) is 20.8 Å². The van der Waals surface area contributed by atoms with Crippen molar-refractivity contribution in [1.82, 2.24) is 9.97 Å². The van der Waals surface area contributed by atoms with Crippen molar-refractivity contribution >= 4 is 11.6 Å². The molecular formula is C11H21N5. The number of hydrogen-bond acceptors (Lipinski definition) is 5. The zero-order chi connectivity index (χ0) is 12.1. The Labute approximate surface area is 96.8 Å². The number of nitrogens with one attached hydrogen (secondary N) is 2. The Morgan fingerprint density at radius 1 is 1.25 bits per heavy atom. The fraction of sp³-hybridized carbons (Fsp3) is 0.636. The van der Waals surface area contributed by atoms with Crippen molar-refractivity contribution in [3.63, 3.8) is 0 Å². The molecule has 0 saturated carbocycles. The van der Waals surface area contributed by atoms with E-state index in [0.717, 1.165) is 17.8 Å². The molecule has 0 aliphatic carbocycles.